The van der Waals surface area contributed by atoms with Crippen molar-refractivity contribution in [3.05, 3.63) is 35.4 Å². The number of carbonyl (C=O) groups is 1. The van der Waals surface area contributed by atoms with E-state index in [2.05, 4.69) is 33.8 Å². The maximum atomic E-state index is 12.9. The number of fused-ring (bicyclic) bond motifs is 5. The van der Waals surface area contributed by atoms with Crippen LogP contribution in [0.4, 0.5) is 11.4 Å². The molecule has 0 bridgehead atoms. The second kappa shape index (κ2) is 10.3. The van der Waals surface area contributed by atoms with E-state index in [4.69, 9.17) is 16.2 Å². The maximum absolute atomic E-state index is 12.9. The number of ether oxygens (including phenoxy) is 1. The van der Waals surface area contributed by atoms with Crippen LogP contribution in [0.15, 0.2) is 29.8 Å². The van der Waals surface area contributed by atoms with Gasteiger partial charge in [-0.2, -0.15) is 0 Å². The number of benzene rings is 1. The third kappa shape index (κ3) is 5.06. The average molecular weight is 507 g/mol. The Bertz CT molecular complexity index is 1010. The summed E-state index contributed by atoms with van der Waals surface area (Å²) < 4.78 is 5.99. The van der Waals surface area contributed by atoms with Gasteiger partial charge in [-0.15, -0.1) is 0 Å². The van der Waals surface area contributed by atoms with Gasteiger partial charge in [0.05, 0.1) is 5.56 Å². The minimum Gasteiger partial charge on any atom is -0.458 e. The number of nitrogen functional groups attached to an aromatic ring is 2. The molecule has 1 aromatic rings. The number of nitrogens with two attached hydrogens (primary N) is 2. The van der Waals surface area contributed by atoms with Crippen LogP contribution in [0.3, 0.4) is 0 Å². The summed E-state index contributed by atoms with van der Waals surface area (Å²) in [6.45, 7) is 9.90. The Kier molecular flexibility index (Phi) is 7.41. The molecule has 3 saturated carbocycles. The zero-order valence-corrected chi connectivity index (χ0v) is 23.7. The van der Waals surface area contributed by atoms with Gasteiger partial charge in [-0.25, -0.2) is 4.79 Å². The highest BCUT2D eigenvalue weighted by Gasteiger charge is 2.58. The highest BCUT2D eigenvalue weighted by atomic mass is 16.5. The fraction of sp³-hybridized carbons (Fsp3) is 0.727. The predicted molar refractivity (Wildman–Crippen MR) is 153 cm³/mol. The molecule has 0 saturated heterocycles. The van der Waals surface area contributed by atoms with Gasteiger partial charge < -0.3 is 16.2 Å². The van der Waals surface area contributed by atoms with Crippen molar-refractivity contribution in [2.75, 3.05) is 11.5 Å². The minimum absolute atomic E-state index is 0.0541. The van der Waals surface area contributed by atoms with Gasteiger partial charge in [0.1, 0.15) is 6.10 Å². The molecule has 204 valence electrons. The Labute approximate surface area is 225 Å². The third-order valence-electron chi connectivity index (χ3n) is 11.3. The Morgan fingerprint density at radius 1 is 1.00 bits per heavy atom. The van der Waals surface area contributed by atoms with Crippen molar-refractivity contribution in [1.82, 2.24) is 0 Å². The highest BCUT2D eigenvalue weighted by Crippen LogP contribution is 2.66. The molecular weight excluding hydrogens is 456 g/mol. The molecule has 1 aromatic carbocycles. The molecule has 0 aliphatic heterocycles. The number of hydrogen-bond acceptors (Lipinski definition) is 4. The Morgan fingerprint density at radius 3 is 2.49 bits per heavy atom. The lowest BCUT2D eigenvalue weighted by atomic mass is 9.47. The smallest absolute Gasteiger partial charge is 0.338 e. The first-order chi connectivity index (χ1) is 17.6. The van der Waals surface area contributed by atoms with E-state index >= 15 is 0 Å². The number of hydrogen-bond donors (Lipinski definition) is 2. The van der Waals surface area contributed by atoms with Crippen molar-refractivity contribution in [1.29, 1.82) is 0 Å². The summed E-state index contributed by atoms with van der Waals surface area (Å²) in [4.78, 5) is 12.9. The van der Waals surface area contributed by atoms with Crippen molar-refractivity contribution in [3.63, 3.8) is 0 Å². The summed E-state index contributed by atoms with van der Waals surface area (Å²) in [7, 11) is 0. The van der Waals surface area contributed by atoms with Gasteiger partial charge in [-0.05, 0) is 110 Å². The van der Waals surface area contributed by atoms with E-state index in [9.17, 15) is 4.79 Å². The Balaban J connectivity index is 1.24. The number of carbonyl (C=O) groups excluding carboxylic acids is 1. The SMILES string of the molecule is CC(C)CCCCC1CCC2[C@@H]3CC=C4C[C@@H](OC(=O)c5cc(N)cc(N)c5)CC[C@]4(C)C3CC[C@]12C. The molecule has 4 aliphatic carbocycles. The lowest BCUT2D eigenvalue weighted by molar-refractivity contribution is -0.0536. The largest absolute Gasteiger partial charge is 0.458 e. The van der Waals surface area contributed by atoms with E-state index in [1.807, 2.05) is 0 Å². The first-order valence-electron chi connectivity index (χ1n) is 15.2. The summed E-state index contributed by atoms with van der Waals surface area (Å²) in [5.74, 6) is 3.97. The van der Waals surface area contributed by atoms with Gasteiger partial charge in [0.15, 0.2) is 0 Å². The van der Waals surface area contributed by atoms with E-state index in [1.165, 1.54) is 57.8 Å². The summed E-state index contributed by atoms with van der Waals surface area (Å²) in [5, 5.41) is 0. The van der Waals surface area contributed by atoms with Gasteiger partial charge >= 0.3 is 5.97 Å². The van der Waals surface area contributed by atoms with Crippen LogP contribution in [0, 0.1) is 40.4 Å². The van der Waals surface area contributed by atoms with E-state index in [1.54, 1.807) is 23.8 Å². The summed E-state index contributed by atoms with van der Waals surface area (Å²) in [5.41, 5.74) is 15.6. The highest BCUT2D eigenvalue weighted by molar-refractivity contribution is 5.91. The predicted octanol–water partition coefficient (Wildman–Crippen LogP) is 8.17. The van der Waals surface area contributed by atoms with Crippen molar-refractivity contribution < 1.29 is 9.53 Å². The van der Waals surface area contributed by atoms with Gasteiger partial charge in [-0.3, -0.25) is 0 Å². The molecule has 0 aromatic heterocycles. The van der Waals surface area contributed by atoms with Crippen LogP contribution in [0.2, 0.25) is 0 Å². The second-order valence-corrected chi connectivity index (χ2v) is 13.9. The van der Waals surface area contributed by atoms with Crippen LogP contribution in [0.25, 0.3) is 0 Å². The van der Waals surface area contributed by atoms with Crippen molar-refractivity contribution in [2.24, 2.45) is 40.4 Å². The van der Waals surface area contributed by atoms with Crippen LogP contribution in [0.1, 0.15) is 115 Å². The van der Waals surface area contributed by atoms with Crippen LogP contribution < -0.4 is 11.5 Å². The van der Waals surface area contributed by atoms with Crippen LogP contribution >= 0.6 is 0 Å². The second-order valence-electron chi connectivity index (χ2n) is 13.9. The monoisotopic (exact) mass is 506 g/mol. The van der Waals surface area contributed by atoms with E-state index in [0.717, 1.165) is 48.9 Å². The molecular formula is C33H50N2O2. The van der Waals surface area contributed by atoms with Crippen molar-refractivity contribution >= 4 is 17.3 Å². The number of unbranched alkanes of at least 4 members (excludes halogenated alkanes) is 1. The fourth-order valence-corrected chi connectivity index (χ4v) is 9.27. The number of esters is 1. The third-order valence-corrected chi connectivity index (χ3v) is 11.3. The molecule has 4 aliphatic rings. The first-order valence-corrected chi connectivity index (χ1v) is 15.2. The number of anilines is 2. The van der Waals surface area contributed by atoms with Crippen LogP contribution in [-0.4, -0.2) is 12.1 Å². The lowest BCUT2D eigenvalue weighted by Crippen LogP contribution is -2.50. The maximum Gasteiger partial charge on any atom is 0.338 e. The minimum atomic E-state index is -0.305. The fourth-order valence-electron chi connectivity index (χ4n) is 9.27. The van der Waals surface area contributed by atoms with Crippen LogP contribution in [-0.2, 0) is 4.74 Å². The molecule has 7 atom stereocenters. The summed E-state index contributed by atoms with van der Waals surface area (Å²) in [6, 6.07) is 4.99. The Hall–Kier alpha value is -1.97. The molecule has 3 unspecified atom stereocenters. The van der Waals surface area contributed by atoms with E-state index < -0.39 is 0 Å². The molecule has 0 amide bonds. The average Bonchev–Trinajstić information content (AvgIpc) is 3.17. The topological polar surface area (TPSA) is 78.3 Å². The summed E-state index contributed by atoms with van der Waals surface area (Å²) >= 11 is 0. The van der Waals surface area contributed by atoms with Gasteiger partial charge in [0.2, 0.25) is 0 Å². The quantitative estimate of drug-likeness (QED) is 0.169. The standard InChI is InChI=1S/C33H50N2O2/c1-21(2)7-5-6-8-23-10-12-29-28-11-9-24-19-27(37-31(36)22-17-25(34)20-26(35)18-22)13-15-33(24,4)30(28)14-16-32(23,29)3/h9,17-18,20-21,23,27-30H,5-8,10-16,19,34-35H2,1-4H3/t23?,27-,28-,29?,30?,32+,33-/m0/s1. The molecule has 0 radical (unpaired) electrons. The van der Waals surface area contributed by atoms with Gasteiger partial charge in [-0.1, -0.05) is 58.6 Å². The zero-order valence-electron chi connectivity index (χ0n) is 23.7. The van der Waals surface area contributed by atoms with Crippen molar-refractivity contribution in [3.8, 4) is 0 Å². The number of allylic oxidation sites excluding steroid dienone is 1. The molecule has 4 nitrogen and oxygen atoms in total. The molecule has 5 rings (SSSR count). The number of rotatable bonds is 7. The molecule has 4 heteroatoms. The van der Waals surface area contributed by atoms with Crippen LogP contribution in [0.5, 0.6) is 0 Å². The van der Waals surface area contributed by atoms with Gasteiger partial charge in [0.25, 0.3) is 0 Å². The van der Waals surface area contributed by atoms with E-state index in [0.29, 0.717) is 22.4 Å². The summed E-state index contributed by atoms with van der Waals surface area (Å²) in [6.07, 6.45) is 18.0. The van der Waals surface area contributed by atoms with Crippen molar-refractivity contribution in [2.45, 2.75) is 111 Å². The normalized spacial score (nSPS) is 36.9. The molecule has 0 heterocycles. The lowest BCUT2D eigenvalue weighted by Gasteiger charge is -2.58. The first kappa shape index (κ1) is 26.6. The molecule has 37 heavy (non-hydrogen) atoms. The Morgan fingerprint density at radius 2 is 1.76 bits per heavy atom. The zero-order chi connectivity index (χ0) is 26.4. The molecule has 4 N–H and O–H groups in total. The molecule has 0 spiro atoms. The van der Waals surface area contributed by atoms with Gasteiger partial charge in [0, 0.05) is 17.8 Å². The van der Waals surface area contributed by atoms with E-state index in [-0.39, 0.29) is 17.5 Å². The molecule has 3 fully saturated rings.